The van der Waals surface area contributed by atoms with Gasteiger partial charge in [0.15, 0.2) is 11.5 Å². The van der Waals surface area contributed by atoms with Crippen LogP contribution in [-0.4, -0.2) is 25.9 Å². The fraction of sp³-hybridized carbons (Fsp3) is 0.333. The minimum Gasteiger partial charge on any atom is -0.493 e. The molecular weight excluding hydrogens is 320 g/mol. The molecule has 0 aromatic heterocycles. The Bertz CT molecular complexity index is 653. The summed E-state index contributed by atoms with van der Waals surface area (Å²) in [6, 6.07) is 7.50. The van der Waals surface area contributed by atoms with E-state index in [0.29, 0.717) is 11.5 Å². The lowest BCUT2D eigenvalue weighted by atomic mass is 10.2. The summed E-state index contributed by atoms with van der Waals surface area (Å²) < 4.78 is 11.3. The number of ether oxygens (including phenoxy) is 2. The summed E-state index contributed by atoms with van der Waals surface area (Å²) in [5.74, 6) is 1.71. The molecule has 1 aromatic carbocycles. The molecule has 116 valence electrons. The number of hydrogen-bond donors (Lipinski definition) is 1. The van der Waals surface area contributed by atoms with Gasteiger partial charge in [-0.05, 0) is 23.4 Å². The van der Waals surface area contributed by atoms with Gasteiger partial charge in [-0.2, -0.15) is 5.26 Å². The Hall–Kier alpha value is -1.78. The second-order valence-electron chi connectivity index (χ2n) is 4.29. The first-order valence-corrected chi connectivity index (χ1v) is 8.47. The third-order valence-electron chi connectivity index (χ3n) is 3.02. The molecule has 1 atom stereocenters. The number of nitrogens with one attached hydrogen (secondary N) is 1. The lowest BCUT2D eigenvalue weighted by Crippen LogP contribution is -2.31. The molecule has 1 amide bonds. The van der Waals surface area contributed by atoms with Crippen LogP contribution in [0.15, 0.2) is 28.0 Å². The summed E-state index contributed by atoms with van der Waals surface area (Å²) in [6.07, 6.45) is 0. The van der Waals surface area contributed by atoms with Crippen LogP contribution >= 0.6 is 23.5 Å². The van der Waals surface area contributed by atoms with Crippen molar-refractivity contribution in [3.63, 3.8) is 0 Å². The standard InChI is InChI=1S/C15H16N2O3S2/c1-4-21-15-10(8-16)13(18)17-14(22-15)9-5-6-11(19-2)12(7-9)20-3/h5-7,14H,4H2,1-3H3,(H,17,18)/t14-/m1/s1. The summed E-state index contributed by atoms with van der Waals surface area (Å²) in [6.45, 7) is 1.99. The number of amides is 1. The molecule has 1 aliphatic rings. The maximum Gasteiger partial charge on any atom is 0.264 e. The van der Waals surface area contributed by atoms with Crippen molar-refractivity contribution < 1.29 is 14.3 Å². The van der Waals surface area contributed by atoms with Crippen LogP contribution < -0.4 is 14.8 Å². The summed E-state index contributed by atoms with van der Waals surface area (Å²) in [4.78, 5) is 12.1. The van der Waals surface area contributed by atoms with Crippen LogP contribution in [0, 0.1) is 11.3 Å². The van der Waals surface area contributed by atoms with Gasteiger partial charge in [-0.3, -0.25) is 4.79 Å². The number of thioether (sulfide) groups is 2. The molecule has 0 unspecified atom stereocenters. The third kappa shape index (κ3) is 3.34. The lowest BCUT2D eigenvalue weighted by Gasteiger charge is -2.25. The predicted molar refractivity (Wildman–Crippen MR) is 88.8 cm³/mol. The lowest BCUT2D eigenvalue weighted by molar-refractivity contribution is -0.117. The number of rotatable bonds is 5. The van der Waals surface area contributed by atoms with Crippen molar-refractivity contribution in [3.05, 3.63) is 33.6 Å². The molecule has 7 heteroatoms. The fourth-order valence-electron chi connectivity index (χ4n) is 1.98. The van der Waals surface area contributed by atoms with Crippen molar-refractivity contribution in [2.24, 2.45) is 0 Å². The van der Waals surface area contributed by atoms with E-state index in [-0.39, 0.29) is 16.9 Å². The number of carbonyl (C=O) groups is 1. The predicted octanol–water partition coefficient (Wildman–Crippen LogP) is 3.05. The molecule has 1 N–H and O–H groups in total. The Balaban J connectivity index is 2.33. The smallest absolute Gasteiger partial charge is 0.264 e. The van der Waals surface area contributed by atoms with E-state index in [2.05, 4.69) is 5.32 Å². The highest BCUT2D eigenvalue weighted by Gasteiger charge is 2.29. The number of hydrogen-bond acceptors (Lipinski definition) is 6. The van der Waals surface area contributed by atoms with Crippen LogP contribution in [0.1, 0.15) is 17.9 Å². The first-order valence-electron chi connectivity index (χ1n) is 6.61. The van der Waals surface area contributed by atoms with E-state index < -0.39 is 0 Å². The van der Waals surface area contributed by atoms with Crippen LogP contribution in [-0.2, 0) is 4.79 Å². The van der Waals surface area contributed by atoms with Crippen LogP contribution in [0.5, 0.6) is 11.5 Å². The summed E-state index contributed by atoms with van der Waals surface area (Å²) >= 11 is 2.98. The molecule has 22 heavy (non-hydrogen) atoms. The van der Waals surface area contributed by atoms with Gasteiger partial charge in [-0.15, -0.1) is 11.8 Å². The topological polar surface area (TPSA) is 71.4 Å². The molecule has 0 bridgehead atoms. The van der Waals surface area contributed by atoms with Crippen LogP contribution in [0.2, 0.25) is 0 Å². The Kier molecular flexibility index (Phi) is 5.63. The fourth-order valence-corrected chi connectivity index (χ4v) is 4.36. The number of benzene rings is 1. The first-order chi connectivity index (χ1) is 10.6. The molecule has 0 aliphatic carbocycles. The van der Waals surface area contributed by atoms with Crippen molar-refractivity contribution in [2.75, 3.05) is 20.0 Å². The zero-order valence-electron chi connectivity index (χ0n) is 12.5. The highest BCUT2D eigenvalue weighted by molar-refractivity contribution is 8.22. The SMILES string of the molecule is CCSC1=C(C#N)C(=O)N[C@@H](c2ccc(OC)c(OC)c2)S1. The Labute approximate surface area is 138 Å². The van der Waals surface area contributed by atoms with E-state index >= 15 is 0 Å². The van der Waals surface area contributed by atoms with Gasteiger partial charge in [0, 0.05) is 0 Å². The van der Waals surface area contributed by atoms with Crippen LogP contribution in [0.4, 0.5) is 0 Å². The van der Waals surface area contributed by atoms with E-state index in [1.165, 1.54) is 23.5 Å². The molecule has 0 radical (unpaired) electrons. The average molecular weight is 336 g/mol. The van der Waals surface area contributed by atoms with E-state index in [1.807, 2.05) is 25.1 Å². The number of nitrogens with zero attached hydrogens (tertiary/aromatic N) is 1. The zero-order chi connectivity index (χ0) is 16.1. The van der Waals surface area contributed by atoms with Gasteiger partial charge in [0.25, 0.3) is 5.91 Å². The second-order valence-corrected chi connectivity index (χ2v) is 6.94. The number of methoxy groups -OCH3 is 2. The summed E-state index contributed by atoms with van der Waals surface area (Å²) in [5, 5.41) is 11.7. The molecule has 5 nitrogen and oxygen atoms in total. The van der Waals surface area contributed by atoms with Gasteiger partial charge >= 0.3 is 0 Å². The van der Waals surface area contributed by atoms with Gasteiger partial charge in [0.1, 0.15) is 17.0 Å². The van der Waals surface area contributed by atoms with Gasteiger partial charge in [-0.1, -0.05) is 24.8 Å². The van der Waals surface area contributed by atoms with Gasteiger partial charge in [0.2, 0.25) is 0 Å². The monoisotopic (exact) mass is 336 g/mol. The minimum absolute atomic E-state index is 0.188. The second kappa shape index (κ2) is 7.47. The normalized spacial score (nSPS) is 17.7. The number of carbonyl (C=O) groups excluding carboxylic acids is 1. The molecular formula is C15H16N2O3S2. The Morgan fingerprint density at radius 2 is 2.09 bits per heavy atom. The minimum atomic E-state index is -0.336. The average Bonchev–Trinajstić information content (AvgIpc) is 2.54. The van der Waals surface area contributed by atoms with Gasteiger partial charge in [0.05, 0.1) is 18.5 Å². The molecule has 0 saturated carbocycles. The highest BCUT2D eigenvalue weighted by Crippen LogP contribution is 2.44. The van der Waals surface area contributed by atoms with Crippen molar-refractivity contribution in [1.29, 1.82) is 5.26 Å². The van der Waals surface area contributed by atoms with Crippen LogP contribution in [0.3, 0.4) is 0 Å². The molecule has 1 aromatic rings. The van der Waals surface area contributed by atoms with E-state index in [9.17, 15) is 4.79 Å². The van der Waals surface area contributed by atoms with Crippen molar-refractivity contribution >= 4 is 29.4 Å². The van der Waals surface area contributed by atoms with Crippen molar-refractivity contribution in [2.45, 2.75) is 12.3 Å². The maximum atomic E-state index is 12.1. The highest BCUT2D eigenvalue weighted by atomic mass is 32.2. The number of nitriles is 1. The molecule has 0 spiro atoms. The van der Waals surface area contributed by atoms with Crippen molar-refractivity contribution in [3.8, 4) is 17.6 Å². The Morgan fingerprint density at radius 3 is 2.68 bits per heavy atom. The quantitative estimate of drug-likeness (QED) is 0.891. The third-order valence-corrected chi connectivity index (χ3v) is 5.46. The zero-order valence-corrected chi connectivity index (χ0v) is 14.1. The maximum absolute atomic E-state index is 12.1. The van der Waals surface area contributed by atoms with E-state index in [1.54, 1.807) is 20.3 Å². The van der Waals surface area contributed by atoms with E-state index in [4.69, 9.17) is 14.7 Å². The van der Waals surface area contributed by atoms with Gasteiger partial charge in [-0.25, -0.2) is 0 Å². The molecule has 1 aliphatic heterocycles. The van der Waals surface area contributed by atoms with E-state index in [0.717, 1.165) is 15.6 Å². The van der Waals surface area contributed by atoms with Gasteiger partial charge < -0.3 is 14.8 Å². The molecule has 2 rings (SSSR count). The Morgan fingerprint density at radius 1 is 1.36 bits per heavy atom. The largest absolute Gasteiger partial charge is 0.493 e. The molecule has 1 heterocycles. The van der Waals surface area contributed by atoms with Crippen LogP contribution in [0.25, 0.3) is 0 Å². The van der Waals surface area contributed by atoms with Crippen molar-refractivity contribution in [1.82, 2.24) is 5.32 Å². The first kappa shape index (κ1) is 16.6. The molecule has 0 fully saturated rings. The summed E-state index contributed by atoms with van der Waals surface area (Å²) in [5.41, 5.74) is 1.08. The molecule has 0 saturated heterocycles. The summed E-state index contributed by atoms with van der Waals surface area (Å²) in [7, 11) is 3.15.